The van der Waals surface area contributed by atoms with Gasteiger partial charge in [-0.2, -0.15) is 0 Å². The van der Waals surface area contributed by atoms with Crippen molar-refractivity contribution in [3.05, 3.63) is 24.0 Å². The van der Waals surface area contributed by atoms with Gasteiger partial charge in [0.1, 0.15) is 11.6 Å². The largest absolute Gasteiger partial charge is 0.497 e. The fourth-order valence-electron chi connectivity index (χ4n) is 1.75. The van der Waals surface area contributed by atoms with E-state index in [0.29, 0.717) is 5.75 Å². The molecule has 1 aromatic rings. The van der Waals surface area contributed by atoms with Crippen LogP contribution in [0.3, 0.4) is 0 Å². The van der Waals surface area contributed by atoms with Gasteiger partial charge in [-0.3, -0.25) is 9.59 Å². The molecular formula is C12H13FN2O3. The summed E-state index contributed by atoms with van der Waals surface area (Å²) in [5.74, 6) is -1.08. The first kappa shape index (κ1) is 12.3. The number of benzene rings is 1. The number of carbonyl (C=O) groups is 2. The predicted molar refractivity (Wildman–Crippen MR) is 62.7 cm³/mol. The molecule has 1 atom stereocenters. The lowest BCUT2D eigenvalue weighted by molar-refractivity contribution is -0.123. The number of ether oxygens (including phenoxy) is 1. The van der Waals surface area contributed by atoms with Gasteiger partial charge in [0, 0.05) is 19.0 Å². The minimum Gasteiger partial charge on any atom is -0.497 e. The smallest absolute Gasteiger partial charge is 0.229 e. The molecule has 0 bridgehead atoms. The molecule has 1 saturated heterocycles. The van der Waals surface area contributed by atoms with Crippen LogP contribution in [0.5, 0.6) is 5.75 Å². The summed E-state index contributed by atoms with van der Waals surface area (Å²) >= 11 is 0. The summed E-state index contributed by atoms with van der Waals surface area (Å²) < 4.78 is 18.4. The zero-order chi connectivity index (χ0) is 13.1. The Labute approximate surface area is 103 Å². The molecule has 1 heterocycles. The van der Waals surface area contributed by atoms with Crippen LogP contribution in [0.2, 0.25) is 0 Å². The number of amides is 2. The van der Waals surface area contributed by atoms with Crippen LogP contribution in [0.1, 0.15) is 6.42 Å². The minimum absolute atomic E-state index is 0.0544. The number of hydrogen-bond donors (Lipinski definition) is 2. The fraction of sp³-hybridized carbons (Fsp3) is 0.333. The van der Waals surface area contributed by atoms with Crippen molar-refractivity contribution >= 4 is 17.5 Å². The lowest BCUT2D eigenvalue weighted by Crippen LogP contribution is -2.25. The normalized spacial score (nSPS) is 18.3. The molecule has 2 rings (SSSR count). The monoisotopic (exact) mass is 252 g/mol. The molecule has 96 valence electrons. The van der Waals surface area contributed by atoms with Crippen LogP contribution in [-0.4, -0.2) is 25.5 Å². The van der Waals surface area contributed by atoms with Crippen molar-refractivity contribution in [1.29, 1.82) is 0 Å². The summed E-state index contributed by atoms with van der Waals surface area (Å²) in [6, 6.07) is 4.08. The maximum atomic E-state index is 13.5. The third-order valence-electron chi connectivity index (χ3n) is 2.78. The Morgan fingerprint density at radius 3 is 2.94 bits per heavy atom. The summed E-state index contributed by atoms with van der Waals surface area (Å²) in [4.78, 5) is 22.8. The Morgan fingerprint density at radius 2 is 2.33 bits per heavy atom. The SMILES string of the molecule is COc1ccc(F)c(NC(=O)C2CNC(=O)C2)c1. The van der Waals surface area contributed by atoms with E-state index in [1.54, 1.807) is 0 Å². The van der Waals surface area contributed by atoms with Gasteiger partial charge in [-0.1, -0.05) is 0 Å². The highest BCUT2D eigenvalue weighted by atomic mass is 19.1. The van der Waals surface area contributed by atoms with Gasteiger partial charge in [0.15, 0.2) is 0 Å². The highest BCUT2D eigenvalue weighted by Gasteiger charge is 2.28. The first-order valence-corrected chi connectivity index (χ1v) is 5.51. The standard InChI is InChI=1S/C12H13FN2O3/c1-18-8-2-3-9(13)10(5-8)15-12(17)7-4-11(16)14-6-7/h2-3,5,7H,4,6H2,1H3,(H,14,16)(H,15,17). The number of rotatable bonds is 3. The lowest BCUT2D eigenvalue weighted by atomic mass is 10.1. The molecule has 1 aliphatic heterocycles. The Balaban J connectivity index is 2.09. The molecule has 18 heavy (non-hydrogen) atoms. The van der Waals surface area contributed by atoms with Crippen LogP contribution in [0.4, 0.5) is 10.1 Å². The van der Waals surface area contributed by atoms with Gasteiger partial charge in [-0.25, -0.2) is 4.39 Å². The Hall–Kier alpha value is -2.11. The Kier molecular flexibility index (Phi) is 3.45. The molecule has 0 radical (unpaired) electrons. The van der Waals surface area contributed by atoms with Gasteiger partial charge in [-0.15, -0.1) is 0 Å². The van der Waals surface area contributed by atoms with Crippen LogP contribution in [-0.2, 0) is 9.59 Å². The zero-order valence-electron chi connectivity index (χ0n) is 9.83. The number of carbonyl (C=O) groups excluding carboxylic acids is 2. The van der Waals surface area contributed by atoms with E-state index in [1.165, 1.54) is 25.3 Å². The van der Waals surface area contributed by atoms with E-state index in [-0.39, 0.29) is 30.5 Å². The first-order chi connectivity index (χ1) is 8.60. The van der Waals surface area contributed by atoms with Crippen molar-refractivity contribution in [2.24, 2.45) is 5.92 Å². The second-order valence-electron chi connectivity index (χ2n) is 4.04. The average molecular weight is 252 g/mol. The van der Waals surface area contributed by atoms with Gasteiger partial charge in [-0.05, 0) is 12.1 Å². The first-order valence-electron chi connectivity index (χ1n) is 5.51. The molecule has 1 fully saturated rings. The van der Waals surface area contributed by atoms with E-state index >= 15 is 0 Å². The van der Waals surface area contributed by atoms with Crippen LogP contribution >= 0.6 is 0 Å². The molecule has 2 amide bonds. The fourth-order valence-corrected chi connectivity index (χ4v) is 1.75. The number of methoxy groups -OCH3 is 1. The van der Waals surface area contributed by atoms with Gasteiger partial charge in [0.25, 0.3) is 0 Å². The number of anilines is 1. The molecular weight excluding hydrogens is 239 g/mol. The molecule has 0 aromatic heterocycles. The average Bonchev–Trinajstić information content (AvgIpc) is 2.79. The lowest BCUT2D eigenvalue weighted by Gasteiger charge is -2.11. The number of nitrogens with one attached hydrogen (secondary N) is 2. The minimum atomic E-state index is -0.540. The molecule has 1 aliphatic rings. The highest BCUT2D eigenvalue weighted by Crippen LogP contribution is 2.22. The van der Waals surface area contributed by atoms with Crippen LogP contribution in [0, 0.1) is 11.7 Å². The summed E-state index contributed by atoms with van der Waals surface area (Å²) in [6.07, 6.45) is 0.136. The van der Waals surface area contributed by atoms with Gasteiger partial charge >= 0.3 is 0 Å². The molecule has 0 aliphatic carbocycles. The van der Waals surface area contributed by atoms with E-state index in [9.17, 15) is 14.0 Å². The maximum absolute atomic E-state index is 13.5. The van der Waals surface area contributed by atoms with Crippen molar-refractivity contribution in [1.82, 2.24) is 5.32 Å². The van der Waals surface area contributed by atoms with Crippen LogP contribution in [0.25, 0.3) is 0 Å². The zero-order valence-corrected chi connectivity index (χ0v) is 9.83. The van der Waals surface area contributed by atoms with Crippen molar-refractivity contribution in [2.75, 3.05) is 19.0 Å². The quantitative estimate of drug-likeness (QED) is 0.840. The van der Waals surface area contributed by atoms with E-state index in [1.807, 2.05) is 0 Å². The van der Waals surface area contributed by atoms with E-state index < -0.39 is 11.7 Å². The van der Waals surface area contributed by atoms with E-state index in [4.69, 9.17) is 4.74 Å². The Morgan fingerprint density at radius 1 is 1.56 bits per heavy atom. The Bertz CT molecular complexity index is 490. The molecule has 1 unspecified atom stereocenters. The third kappa shape index (κ3) is 2.58. The maximum Gasteiger partial charge on any atom is 0.229 e. The van der Waals surface area contributed by atoms with Crippen molar-refractivity contribution < 1.29 is 18.7 Å². The summed E-state index contributed by atoms with van der Waals surface area (Å²) in [7, 11) is 1.46. The van der Waals surface area contributed by atoms with Crippen LogP contribution < -0.4 is 15.4 Å². The summed E-state index contributed by atoms with van der Waals surface area (Å²) in [5, 5.41) is 5.02. The van der Waals surface area contributed by atoms with E-state index in [0.717, 1.165) is 0 Å². The molecule has 5 nitrogen and oxygen atoms in total. The topological polar surface area (TPSA) is 67.4 Å². The van der Waals surface area contributed by atoms with Crippen molar-refractivity contribution in [3.63, 3.8) is 0 Å². The molecule has 2 N–H and O–H groups in total. The molecule has 0 spiro atoms. The van der Waals surface area contributed by atoms with Gasteiger partial charge < -0.3 is 15.4 Å². The van der Waals surface area contributed by atoms with Gasteiger partial charge in [0.2, 0.25) is 11.8 Å². The third-order valence-corrected chi connectivity index (χ3v) is 2.78. The number of halogens is 1. The predicted octanol–water partition coefficient (Wildman–Crippen LogP) is 0.909. The second kappa shape index (κ2) is 5.03. The molecule has 0 saturated carbocycles. The van der Waals surface area contributed by atoms with Crippen LogP contribution in [0.15, 0.2) is 18.2 Å². The molecule has 1 aromatic carbocycles. The van der Waals surface area contributed by atoms with Crippen molar-refractivity contribution in [3.8, 4) is 5.75 Å². The second-order valence-corrected chi connectivity index (χ2v) is 4.04. The van der Waals surface area contributed by atoms with Gasteiger partial charge in [0.05, 0.1) is 18.7 Å². The number of hydrogen-bond acceptors (Lipinski definition) is 3. The van der Waals surface area contributed by atoms with E-state index in [2.05, 4.69) is 10.6 Å². The van der Waals surface area contributed by atoms with Crippen molar-refractivity contribution in [2.45, 2.75) is 6.42 Å². The molecule has 6 heteroatoms. The highest BCUT2D eigenvalue weighted by molar-refractivity contribution is 5.97. The summed E-state index contributed by atoms with van der Waals surface area (Å²) in [6.45, 7) is 0.288. The summed E-state index contributed by atoms with van der Waals surface area (Å²) in [5.41, 5.74) is 0.0544.